The van der Waals surface area contributed by atoms with Crippen LogP contribution in [0.25, 0.3) is 10.9 Å². The van der Waals surface area contributed by atoms with E-state index in [4.69, 9.17) is 16.3 Å². The first-order chi connectivity index (χ1) is 12.7. The molecule has 0 atom stereocenters. The quantitative estimate of drug-likeness (QED) is 0.329. The zero-order valence-electron chi connectivity index (χ0n) is 14.5. The fourth-order valence-electron chi connectivity index (χ4n) is 2.57. The lowest BCUT2D eigenvalue weighted by molar-refractivity contribution is 0.140. The maximum Gasteiger partial charge on any atom is 0.262 e. The van der Waals surface area contributed by atoms with Crippen molar-refractivity contribution in [3.63, 3.8) is 0 Å². The molecule has 5 nitrogen and oxygen atoms in total. The minimum atomic E-state index is -0.0494. The van der Waals surface area contributed by atoms with Gasteiger partial charge in [0.1, 0.15) is 0 Å². The molecule has 1 aromatic carbocycles. The van der Waals surface area contributed by atoms with Crippen LogP contribution in [0, 0.1) is 0 Å². The van der Waals surface area contributed by atoms with Crippen LogP contribution in [-0.2, 0) is 17.0 Å². The highest BCUT2D eigenvalue weighted by Gasteiger charge is 2.12. The number of pyridine rings is 1. The van der Waals surface area contributed by atoms with Gasteiger partial charge in [0.25, 0.3) is 5.56 Å². The first kappa shape index (κ1) is 18.9. The molecule has 0 bridgehead atoms. The molecule has 2 heterocycles. The summed E-state index contributed by atoms with van der Waals surface area (Å²) >= 11 is 7.58. The maximum absolute atomic E-state index is 12.9. The number of ether oxygens (including phenoxy) is 1. The van der Waals surface area contributed by atoms with Gasteiger partial charge in [-0.3, -0.25) is 14.3 Å². The Bertz CT molecular complexity index is 931. The summed E-state index contributed by atoms with van der Waals surface area (Å²) in [5.41, 5.74) is 1.51. The fourth-order valence-corrected chi connectivity index (χ4v) is 3.68. The Kier molecular flexibility index (Phi) is 6.66. The van der Waals surface area contributed by atoms with Gasteiger partial charge in [-0.05, 0) is 43.7 Å². The number of halogens is 1. The molecule has 0 saturated carbocycles. The Labute approximate surface area is 161 Å². The molecule has 0 spiro atoms. The Morgan fingerprint density at radius 1 is 1.27 bits per heavy atom. The van der Waals surface area contributed by atoms with Crippen LogP contribution in [0.5, 0.6) is 0 Å². The molecule has 3 rings (SSSR count). The van der Waals surface area contributed by atoms with Gasteiger partial charge in [0.05, 0.1) is 16.6 Å². The highest BCUT2D eigenvalue weighted by atomic mass is 35.5. The van der Waals surface area contributed by atoms with Crippen molar-refractivity contribution in [2.75, 3.05) is 13.2 Å². The molecule has 7 heteroatoms. The monoisotopic (exact) mass is 389 g/mol. The molecule has 0 radical (unpaired) electrons. The summed E-state index contributed by atoms with van der Waals surface area (Å²) in [5.74, 6) is 0.644. The molecule has 136 valence electrons. The number of fused-ring (bicyclic) bond motifs is 1. The van der Waals surface area contributed by atoms with Gasteiger partial charge in [-0.2, -0.15) is 0 Å². The largest absolute Gasteiger partial charge is 0.382 e. The number of thioether (sulfide) groups is 1. The number of rotatable bonds is 8. The molecule has 26 heavy (non-hydrogen) atoms. The van der Waals surface area contributed by atoms with E-state index in [1.54, 1.807) is 29.0 Å². The smallest absolute Gasteiger partial charge is 0.262 e. The van der Waals surface area contributed by atoms with Crippen LogP contribution in [0.3, 0.4) is 0 Å². The Morgan fingerprint density at radius 2 is 2.15 bits per heavy atom. The van der Waals surface area contributed by atoms with Crippen LogP contribution in [-0.4, -0.2) is 27.7 Å². The second-order valence-corrected chi connectivity index (χ2v) is 7.05. The number of hydrogen-bond acceptors (Lipinski definition) is 5. The average molecular weight is 390 g/mol. The van der Waals surface area contributed by atoms with Crippen LogP contribution < -0.4 is 5.56 Å². The van der Waals surface area contributed by atoms with Gasteiger partial charge in [-0.15, -0.1) is 0 Å². The van der Waals surface area contributed by atoms with Crippen LogP contribution >= 0.6 is 23.4 Å². The van der Waals surface area contributed by atoms with Gasteiger partial charge in [0.2, 0.25) is 0 Å². The van der Waals surface area contributed by atoms with Crippen molar-refractivity contribution in [1.29, 1.82) is 0 Å². The highest BCUT2D eigenvalue weighted by Crippen LogP contribution is 2.23. The third kappa shape index (κ3) is 4.63. The van der Waals surface area contributed by atoms with E-state index in [0.29, 0.717) is 46.6 Å². The molecular weight excluding hydrogens is 370 g/mol. The lowest BCUT2D eigenvalue weighted by atomic mass is 10.2. The molecule has 2 aromatic heterocycles. The maximum atomic E-state index is 12.9. The van der Waals surface area contributed by atoms with E-state index in [1.165, 1.54) is 11.8 Å². The fraction of sp³-hybridized carbons (Fsp3) is 0.316. The normalized spacial score (nSPS) is 11.2. The van der Waals surface area contributed by atoms with E-state index in [9.17, 15) is 4.79 Å². The summed E-state index contributed by atoms with van der Waals surface area (Å²) in [7, 11) is 0. The lowest BCUT2D eigenvalue weighted by Crippen LogP contribution is -2.24. The molecular formula is C19H20ClN3O2S. The summed E-state index contributed by atoms with van der Waals surface area (Å²) in [4.78, 5) is 22.0. The van der Waals surface area contributed by atoms with Gasteiger partial charge in [-0.1, -0.05) is 29.4 Å². The number of aromatic nitrogens is 3. The van der Waals surface area contributed by atoms with Gasteiger partial charge >= 0.3 is 0 Å². The van der Waals surface area contributed by atoms with Gasteiger partial charge < -0.3 is 4.74 Å². The Morgan fingerprint density at radius 3 is 2.92 bits per heavy atom. The van der Waals surface area contributed by atoms with Crippen LogP contribution in [0.4, 0.5) is 0 Å². The average Bonchev–Trinajstić information content (AvgIpc) is 2.65. The molecule has 0 aliphatic heterocycles. The zero-order valence-corrected chi connectivity index (χ0v) is 16.1. The molecule has 0 saturated heterocycles. The standard InChI is InChI=1S/C19H20ClN3O2S/c1-2-25-11-5-10-23-18(24)16-8-7-14(20)12-17(16)22-19(23)26-13-15-6-3-4-9-21-15/h3-4,6-9,12H,2,5,10-11,13H2,1H3. The molecule has 0 fully saturated rings. The first-order valence-electron chi connectivity index (χ1n) is 8.49. The third-order valence-corrected chi connectivity index (χ3v) is 5.08. The predicted molar refractivity (Wildman–Crippen MR) is 106 cm³/mol. The first-order valence-corrected chi connectivity index (χ1v) is 9.86. The minimum absolute atomic E-state index is 0.0494. The summed E-state index contributed by atoms with van der Waals surface area (Å²) in [6, 6.07) is 11.0. The van der Waals surface area contributed by atoms with Crippen LogP contribution in [0.1, 0.15) is 19.0 Å². The molecule has 3 aromatic rings. The van der Waals surface area contributed by atoms with Crippen molar-refractivity contribution >= 4 is 34.3 Å². The lowest BCUT2D eigenvalue weighted by Gasteiger charge is -2.13. The van der Waals surface area contributed by atoms with Crippen molar-refractivity contribution in [3.8, 4) is 0 Å². The van der Waals surface area contributed by atoms with E-state index in [2.05, 4.69) is 9.97 Å². The molecule has 0 unspecified atom stereocenters. The number of nitrogens with zero attached hydrogens (tertiary/aromatic N) is 3. The topological polar surface area (TPSA) is 57.0 Å². The summed E-state index contributed by atoms with van der Waals surface area (Å²) in [6.45, 7) is 3.81. The number of hydrogen-bond donors (Lipinski definition) is 0. The Hall–Kier alpha value is -1.89. The summed E-state index contributed by atoms with van der Waals surface area (Å²) in [6.07, 6.45) is 2.52. The van der Waals surface area contributed by atoms with E-state index >= 15 is 0 Å². The zero-order chi connectivity index (χ0) is 18.4. The second-order valence-electron chi connectivity index (χ2n) is 5.67. The van der Waals surface area contributed by atoms with Gasteiger partial charge in [-0.25, -0.2) is 4.98 Å². The van der Waals surface area contributed by atoms with Gasteiger partial charge in [0, 0.05) is 36.7 Å². The minimum Gasteiger partial charge on any atom is -0.382 e. The Balaban J connectivity index is 1.92. The van der Waals surface area contributed by atoms with E-state index < -0.39 is 0 Å². The van der Waals surface area contributed by atoms with E-state index in [-0.39, 0.29) is 5.56 Å². The predicted octanol–water partition coefficient (Wildman–Crippen LogP) is 4.16. The molecule has 0 amide bonds. The second kappa shape index (κ2) is 9.16. The van der Waals surface area contributed by atoms with Gasteiger partial charge in [0.15, 0.2) is 5.16 Å². The van der Waals surface area contributed by atoms with Crippen LogP contribution in [0.15, 0.2) is 52.5 Å². The number of benzene rings is 1. The van der Waals surface area contributed by atoms with Crippen molar-refractivity contribution in [1.82, 2.24) is 14.5 Å². The van der Waals surface area contributed by atoms with E-state index in [0.717, 1.165) is 12.1 Å². The van der Waals surface area contributed by atoms with Crippen molar-refractivity contribution in [3.05, 3.63) is 63.7 Å². The van der Waals surface area contributed by atoms with Crippen LogP contribution in [0.2, 0.25) is 5.02 Å². The molecule has 0 N–H and O–H groups in total. The van der Waals surface area contributed by atoms with Crippen molar-refractivity contribution in [2.24, 2.45) is 0 Å². The summed E-state index contributed by atoms with van der Waals surface area (Å²) < 4.78 is 7.12. The van der Waals surface area contributed by atoms with Crippen molar-refractivity contribution < 1.29 is 4.74 Å². The molecule has 0 aliphatic rings. The SMILES string of the molecule is CCOCCCn1c(SCc2ccccn2)nc2cc(Cl)ccc2c1=O. The van der Waals surface area contributed by atoms with Crippen molar-refractivity contribution in [2.45, 2.75) is 30.8 Å². The highest BCUT2D eigenvalue weighted by molar-refractivity contribution is 7.98. The van der Waals surface area contributed by atoms with E-state index in [1.807, 2.05) is 25.1 Å². The third-order valence-electron chi connectivity index (χ3n) is 3.83. The molecule has 0 aliphatic carbocycles. The summed E-state index contributed by atoms with van der Waals surface area (Å²) in [5, 5.41) is 1.82.